The first-order chi connectivity index (χ1) is 12.9. The Hall–Kier alpha value is -2.62. The smallest absolute Gasteiger partial charge is 0.255 e. The summed E-state index contributed by atoms with van der Waals surface area (Å²) in [5, 5.41) is 2.74. The number of ether oxygens (including phenoxy) is 3. The molecule has 0 fully saturated rings. The van der Waals surface area contributed by atoms with Crippen LogP contribution in [0.3, 0.4) is 0 Å². The second kappa shape index (κ2) is 7.95. The summed E-state index contributed by atoms with van der Waals surface area (Å²) in [5.41, 5.74) is 0.882. The fourth-order valence-corrected chi connectivity index (χ4v) is 3.81. The maximum atomic E-state index is 12.4. The summed E-state index contributed by atoms with van der Waals surface area (Å²) in [6.07, 6.45) is 0. The van der Waals surface area contributed by atoms with Gasteiger partial charge in [-0.2, -0.15) is 0 Å². The highest BCUT2D eigenvalue weighted by molar-refractivity contribution is 7.89. The molecule has 2 aromatic carbocycles. The second-order valence-electron chi connectivity index (χ2n) is 6.02. The van der Waals surface area contributed by atoms with Gasteiger partial charge in [-0.3, -0.25) is 4.79 Å². The van der Waals surface area contributed by atoms with E-state index in [0.29, 0.717) is 22.7 Å². The van der Waals surface area contributed by atoms with Crippen LogP contribution in [0.25, 0.3) is 0 Å². The van der Waals surface area contributed by atoms with Crippen molar-refractivity contribution in [1.29, 1.82) is 0 Å². The molecule has 144 valence electrons. The Morgan fingerprint density at radius 2 is 1.85 bits per heavy atom. The van der Waals surface area contributed by atoms with Gasteiger partial charge < -0.3 is 19.5 Å². The quantitative estimate of drug-likeness (QED) is 0.747. The lowest BCUT2D eigenvalue weighted by Crippen LogP contribution is -2.35. The Morgan fingerprint density at radius 1 is 1.15 bits per heavy atom. The lowest BCUT2D eigenvalue weighted by molar-refractivity contribution is 0.102. The molecule has 2 N–H and O–H groups in total. The summed E-state index contributed by atoms with van der Waals surface area (Å²) < 4.78 is 42.5. The Bertz CT molecular complexity index is 927. The number of rotatable bonds is 7. The fraction of sp³-hybridized carbons (Fsp3) is 0.278. The van der Waals surface area contributed by atoms with Gasteiger partial charge in [0, 0.05) is 30.5 Å². The summed E-state index contributed by atoms with van der Waals surface area (Å²) in [7, 11) is -2.18. The molecule has 0 saturated heterocycles. The topological polar surface area (TPSA) is 103 Å². The van der Waals surface area contributed by atoms with Gasteiger partial charge in [0.15, 0.2) is 11.5 Å². The maximum absolute atomic E-state index is 12.4. The van der Waals surface area contributed by atoms with E-state index in [1.807, 2.05) is 0 Å². The molecular weight excluding hydrogens is 372 g/mol. The van der Waals surface area contributed by atoms with Crippen LogP contribution in [0.5, 0.6) is 11.5 Å². The number of sulfonamides is 1. The van der Waals surface area contributed by atoms with Crippen LogP contribution >= 0.6 is 0 Å². The molecule has 8 nitrogen and oxygen atoms in total. The predicted octanol–water partition coefficient (Wildman–Crippen LogP) is 1.98. The first-order valence-electron chi connectivity index (χ1n) is 8.21. The van der Waals surface area contributed by atoms with Gasteiger partial charge >= 0.3 is 0 Å². The number of benzene rings is 2. The summed E-state index contributed by atoms with van der Waals surface area (Å²) in [4.78, 5) is 12.4. The average Bonchev–Trinajstić information content (AvgIpc) is 3.09. The van der Waals surface area contributed by atoms with Gasteiger partial charge in [0.2, 0.25) is 16.8 Å². The van der Waals surface area contributed by atoms with Gasteiger partial charge in [0.05, 0.1) is 11.5 Å². The lowest BCUT2D eigenvalue weighted by atomic mass is 10.2. The molecule has 0 aliphatic carbocycles. The zero-order valence-corrected chi connectivity index (χ0v) is 15.7. The Balaban J connectivity index is 1.68. The minimum atomic E-state index is -3.68. The van der Waals surface area contributed by atoms with Crippen LogP contribution in [0.2, 0.25) is 0 Å². The molecule has 0 bridgehead atoms. The van der Waals surface area contributed by atoms with Gasteiger partial charge in [-0.1, -0.05) is 0 Å². The molecular formula is C18H20N2O6S. The molecule has 9 heteroatoms. The highest BCUT2D eigenvalue weighted by Crippen LogP contribution is 2.34. The van der Waals surface area contributed by atoms with E-state index in [1.165, 1.54) is 31.4 Å². The van der Waals surface area contributed by atoms with Crippen molar-refractivity contribution in [2.75, 3.05) is 25.8 Å². The van der Waals surface area contributed by atoms with Crippen molar-refractivity contribution >= 4 is 21.6 Å². The third-order valence-electron chi connectivity index (χ3n) is 3.83. The van der Waals surface area contributed by atoms with Crippen LogP contribution in [-0.4, -0.2) is 40.9 Å². The van der Waals surface area contributed by atoms with Gasteiger partial charge in [-0.25, -0.2) is 13.1 Å². The monoisotopic (exact) mass is 392 g/mol. The molecule has 0 radical (unpaired) electrons. The van der Waals surface area contributed by atoms with Crippen LogP contribution in [0.4, 0.5) is 5.69 Å². The number of carbonyl (C=O) groups excluding carboxylic acids is 1. The van der Waals surface area contributed by atoms with E-state index in [9.17, 15) is 13.2 Å². The standard InChI is InChI=1S/C18H20N2O6S/c1-12(10-24-2)20-27(22,23)15-6-3-13(4-7-15)18(21)19-14-5-8-16-17(9-14)26-11-25-16/h3-9,12,20H,10-11H2,1-2H3,(H,19,21)/t12-/m0/s1. The molecule has 0 unspecified atom stereocenters. The van der Waals surface area contributed by atoms with E-state index in [0.717, 1.165) is 0 Å². The SMILES string of the molecule is COC[C@H](C)NS(=O)(=O)c1ccc(C(=O)Nc2ccc3c(c2)OCO3)cc1. The van der Waals surface area contributed by atoms with Gasteiger partial charge in [0.1, 0.15) is 0 Å². The van der Waals surface area contributed by atoms with Gasteiger partial charge in [0.25, 0.3) is 5.91 Å². The average molecular weight is 392 g/mol. The van der Waals surface area contributed by atoms with Crippen molar-refractivity contribution in [2.45, 2.75) is 17.9 Å². The molecule has 0 spiro atoms. The first-order valence-corrected chi connectivity index (χ1v) is 9.70. The maximum Gasteiger partial charge on any atom is 0.255 e. The molecule has 27 heavy (non-hydrogen) atoms. The van der Waals surface area contributed by atoms with Crippen molar-refractivity contribution in [2.24, 2.45) is 0 Å². The van der Waals surface area contributed by atoms with Gasteiger partial charge in [-0.15, -0.1) is 0 Å². The molecule has 2 aromatic rings. The number of hydrogen-bond donors (Lipinski definition) is 2. The molecule has 1 aliphatic rings. The van der Waals surface area contributed by atoms with Crippen molar-refractivity contribution in [3.63, 3.8) is 0 Å². The van der Waals surface area contributed by atoms with E-state index in [2.05, 4.69) is 10.0 Å². The molecule has 0 saturated carbocycles. The zero-order valence-electron chi connectivity index (χ0n) is 14.9. The molecule has 1 amide bonds. The highest BCUT2D eigenvalue weighted by atomic mass is 32.2. The molecule has 1 atom stereocenters. The normalized spacial score (nSPS) is 14.0. The third kappa shape index (κ3) is 4.57. The Labute approximate surface area is 157 Å². The number of amides is 1. The zero-order chi connectivity index (χ0) is 19.4. The van der Waals surface area contributed by atoms with E-state index >= 15 is 0 Å². The van der Waals surface area contributed by atoms with Crippen LogP contribution in [0.1, 0.15) is 17.3 Å². The minimum absolute atomic E-state index is 0.0742. The van der Waals surface area contributed by atoms with Crippen molar-refractivity contribution in [1.82, 2.24) is 4.72 Å². The predicted molar refractivity (Wildman–Crippen MR) is 98.6 cm³/mol. The number of nitrogens with one attached hydrogen (secondary N) is 2. The van der Waals surface area contributed by atoms with E-state index in [-0.39, 0.29) is 30.2 Å². The minimum Gasteiger partial charge on any atom is -0.454 e. The van der Waals surface area contributed by atoms with Crippen molar-refractivity contribution in [3.8, 4) is 11.5 Å². The van der Waals surface area contributed by atoms with E-state index < -0.39 is 10.0 Å². The van der Waals surface area contributed by atoms with Gasteiger partial charge in [-0.05, 0) is 43.3 Å². The molecule has 0 aromatic heterocycles. The van der Waals surface area contributed by atoms with Crippen molar-refractivity contribution in [3.05, 3.63) is 48.0 Å². The van der Waals surface area contributed by atoms with E-state index in [4.69, 9.17) is 14.2 Å². The summed E-state index contributed by atoms with van der Waals surface area (Å²) >= 11 is 0. The Kier molecular flexibility index (Phi) is 5.64. The lowest BCUT2D eigenvalue weighted by Gasteiger charge is -2.13. The third-order valence-corrected chi connectivity index (χ3v) is 5.44. The first kappa shape index (κ1) is 19.2. The van der Waals surface area contributed by atoms with Crippen molar-refractivity contribution < 1.29 is 27.4 Å². The molecule has 1 aliphatic heterocycles. The fourth-order valence-electron chi connectivity index (χ4n) is 2.58. The number of anilines is 1. The van der Waals surface area contributed by atoms with Crippen LogP contribution in [0, 0.1) is 0 Å². The number of hydrogen-bond acceptors (Lipinski definition) is 6. The van der Waals surface area contributed by atoms with E-state index in [1.54, 1.807) is 25.1 Å². The largest absolute Gasteiger partial charge is 0.454 e. The Morgan fingerprint density at radius 3 is 2.56 bits per heavy atom. The highest BCUT2D eigenvalue weighted by Gasteiger charge is 2.18. The summed E-state index contributed by atoms with van der Waals surface area (Å²) in [6, 6.07) is 10.4. The number of carbonyl (C=O) groups is 1. The van der Waals surface area contributed by atoms with Crippen LogP contribution in [-0.2, 0) is 14.8 Å². The number of fused-ring (bicyclic) bond motifs is 1. The summed E-state index contributed by atoms with van der Waals surface area (Å²) in [5.74, 6) is 0.821. The van der Waals surface area contributed by atoms with Crippen LogP contribution in [0.15, 0.2) is 47.4 Å². The number of methoxy groups -OCH3 is 1. The molecule has 1 heterocycles. The summed E-state index contributed by atoms with van der Waals surface area (Å²) in [6.45, 7) is 2.11. The second-order valence-corrected chi connectivity index (χ2v) is 7.74. The molecule has 3 rings (SSSR count). The van der Waals surface area contributed by atoms with Crippen LogP contribution < -0.4 is 19.5 Å².